The number of nitrogens with zero attached hydrogens (tertiary/aromatic N) is 1. The smallest absolute Gasteiger partial charge is 0.156 e. The summed E-state index contributed by atoms with van der Waals surface area (Å²) in [6.45, 7) is 0. The number of carbonyl (C=O) groups excluding carboxylic acids is 1. The van der Waals surface area contributed by atoms with Gasteiger partial charge in [0.1, 0.15) is 6.29 Å². The van der Waals surface area contributed by atoms with Crippen LogP contribution in [0.1, 0.15) is 0 Å². The molecule has 0 radical (unpaired) electrons. The minimum atomic E-state index is -0.627. The highest BCUT2D eigenvalue weighted by atomic mass is 79.9. The Morgan fingerprint density at radius 2 is 2.50 bits per heavy atom. The normalized spacial score (nSPS) is 12.0. The molecule has 0 spiro atoms. The quantitative estimate of drug-likeness (QED) is 0.400. The topological polar surface area (TPSA) is 40.9 Å². The maximum Gasteiger partial charge on any atom is 0.156 e. The Hall–Kier alpha value is -0.360. The molecular formula is C3H2BrNO. The van der Waals surface area contributed by atoms with Crippen molar-refractivity contribution in [3.63, 3.8) is 0 Å². The summed E-state index contributed by atoms with van der Waals surface area (Å²) in [6.07, 6.45) is 0.528. The van der Waals surface area contributed by atoms with Gasteiger partial charge in [-0.2, -0.15) is 5.26 Å². The third-order valence-electron chi connectivity index (χ3n) is 0.243. The Kier molecular flexibility index (Phi) is 2.68. The lowest BCUT2D eigenvalue weighted by Crippen LogP contribution is -1.90. The fraction of sp³-hybridized carbons (Fsp3) is 0.333. The van der Waals surface area contributed by atoms with Gasteiger partial charge in [0.05, 0.1) is 6.07 Å². The average Bonchev–Trinajstić information content (AvgIpc) is 1.65. The maximum absolute atomic E-state index is 9.47. The van der Waals surface area contributed by atoms with E-state index < -0.39 is 4.83 Å². The molecule has 0 rings (SSSR count). The molecule has 0 aliphatic heterocycles. The van der Waals surface area contributed by atoms with E-state index in [1.807, 2.05) is 0 Å². The summed E-state index contributed by atoms with van der Waals surface area (Å²) < 4.78 is 0. The van der Waals surface area contributed by atoms with Gasteiger partial charge in [0, 0.05) is 0 Å². The number of alkyl halides is 1. The molecule has 6 heavy (non-hydrogen) atoms. The molecule has 0 aliphatic rings. The van der Waals surface area contributed by atoms with Crippen molar-refractivity contribution in [2.75, 3.05) is 0 Å². The molecule has 0 amide bonds. The molecular weight excluding hydrogens is 146 g/mol. The number of aldehydes is 1. The first kappa shape index (κ1) is 5.64. The van der Waals surface area contributed by atoms with Crippen LogP contribution >= 0.6 is 15.9 Å². The van der Waals surface area contributed by atoms with E-state index in [2.05, 4.69) is 15.9 Å². The van der Waals surface area contributed by atoms with E-state index in [1.165, 1.54) is 0 Å². The summed E-state index contributed by atoms with van der Waals surface area (Å²) in [4.78, 5) is 8.84. The lowest BCUT2D eigenvalue weighted by Gasteiger charge is -1.73. The van der Waals surface area contributed by atoms with Gasteiger partial charge in [-0.25, -0.2) is 0 Å². The average molecular weight is 148 g/mol. The molecule has 0 saturated heterocycles. The van der Waals surface area contributed by atoms with Crippen molar-refractivity contribution in [3.8, 4) is 6.07 Å². The van der Waals surface area contributed by atoms with Crippen LogP contribution in [0.25, 0.3) is 0 Å². The summed E-state index contributed by atoms with van der Waals surface area (Å²) in [5.74, 6) is 0. The van der Waals surface area contributed by atoms with Gasteiger partial charge in [-0.1, -0.05) is 15.9 Å². The van der Waals surface area contributed by atoms with Crippen LogP contribution in [-0.4, -0.2) is 11.1 Å². The van der Waals surface area contributed by atoms with Crippen LogP contribution < -0.4 is 0 Å². The second-order valence-electron chi connectivity index (χ2n) is 0.667. The van der Waals surface area contributed by atoms with E-state index in [1.54, 1.807) is 6.07 Å². The van der Waals surface area contributed by atoms with Crippen molar-refractivity contribution < 1.29 is 4.79 Å². The third-order valence-corrected chi connectivity index (χ3v) is 0.663. The monoisotopic (exact) mass is 147 g/mol. The lowest BCUT2D eigenvalue weighted by molar-refractivity contribution is -0.106. The summed E-state index contributed by atoms with van der Waals surface area (Å²) in [5.41, 5.74) is 0. The van der Waals surface area contributed by atoms with Gasteiger partial charge in [-0.05, 0) is 0 Å². The Labute approximate surface area is 43.9 Å². The third kappa shape index (κ3) is 1.91. The zero-order valence-electron chi connectivity index (χ0n) is 2.89. The summed E-state index contributed by atoms with van der Waals surface area (Å²) in [7, 11) is 0. The van der Waals surface area contributed by atoms with E-state index >= 15 is 0 Å². The highest BCUT2D eigenvalue weighted by Crippen LogP contribution is 1.88. The van der Waals surface area contributed by atoms with Crippen molar-refractivity contribution in [1.82, 2.24) is 0 Å². The molecule has 1 atom stereocenters. The van der Waals surface area contributed by atoms with E-state index in [0.717, 1.165) is 0 Å². The van der Waals surface area contributed by atoms with Crippen LogP contribution in [0.4, 0.5) is 0 Å². The second-order valence-corrected chi connectivity index (χ2v) is 1.65. The van der Waals surface area contributed by atoms with Crippen molar-refractivity contribution in [2.45, 2.75) is 4.83 Å². The van der Waals surface area contributed by atoms with Gasteiger partial charge >= 0.3 is 0 Å². The fourth-order valence-electron chi connectivity index (χ4n) is 0.0304. The number of carbonyl (C=O) groups is 1. The highest BCUT2D eigenvalue weighted by Gasteiger charge is 1.91. The molecule has 0 aromatic carbocycles. The van der Waals surface area contributed by atoms with Crippen LogP contribution in [0.5, 0.6) is 0 Å². The molecule has 0 N–H and O–H groups in total. The van der Waals surface area contributed by atoms with E-state index in [-0.39, 0.29) is 0 Å². The number of halogens is 1. The predicted molar refractivity (Wildman–Crippen MR) is 24.4 cm³/mol. The van der Waals surface area contributed by atoms with Gasteiger partial charge in [-0.3, -0.25) is 0 Å². The van der Waals surface area contributed by atoms with Gasteiger partial charge in [0.15, 0.2) is 4.83 Å². The largest absolute Gasteiger partial charge is 0.301 e. The van der Waals surface area contributed by atoms with Gasteiger partial charge in [-0.15, -0.1) is 0 Å². The van der Waals surface area contributed by atoms with E-state index in [4.69, 9.17) is 5.26 Å². The lowest BCUT2D eigenvalue weighted by atomic mass is 10.5. The Balaban J connectivity index is 3.30. The van der Waals surface area contributed by atoms with E-state index in [9.17, 15) is 4.79 Å². The van der Waals surface area contributed by atoms with Gasteiger partial charge < -0.3 is 4.79 Å². The van der Waals surface area contributed by atoms with Crippen LogP contribution in [0.15, 0.2) is 0 Å². The molecule has 3 heteroatoms. The van der Waals surface area contributed by atoms with E-state index in [0.29, 0.717) is 6.29 Å². The molecule has 0 aromatic rings. The van der Waals surface area contributed by atoms with Crippen LogP contribution in [0.3, 0.4) is 0 Å². The molecule has 0 aromatic heterocycles. The molecule has 0 saturated carbocycles. The number of hydrogen-bond donors (Lipinski definition) is 0. The standard InChI is InChI=1S/C3H2BrNO/c4-3(1-5)2-6/h2-3H. The van der Waals surface area contributed by atoms with Crippen LogP contribution in [0.2, 0.25) is 0 Å². The SMILES string of the molecule is N#CC(Br)C=O. The summed E-state index contributed by atoms with van der Waals surface area (Å²) in [5, 5.41) is 7.81. The minimum Gasteiger partial charge on any atom is -0.301 e. The molecule has 0 bridgehead atoms. The van der Waals surface area contributed by atoms with Crippen molar-refractivity contribution >= 4 is 22.2 Å². The molecule has 0 heterocycles. The first-order valence-electron chi connectivity index (χ1n) is 1.30. The van der Waals surface area contributed by atoms with Crippen molar-refractivity contribution in [1.29, 1.82) is 5.26 Å². The summed E-state index contributed by atoms with van der Waals surface area (Å²) >= 11 is 2.75. The Bertz CT molecular complexity index is 85.3. The predicted octanol–water partition coefficient (Wildman–Crippen LogP) is 0.472. The summed E-state index contributed by atoms with van der Waals surface area (Å²) in [6, 6.07) is 1.66. The number of nitriles is 1. The fourth-order valence-corrected chi connectivity index (χ4v) is 0.0304. The second kappa shape index (κ2) is 2.86. The molecule has 32 valence electrons. The van der Waals surface area contributed by atoms with Crippen molar-refractivity contribution in [2.24, 2.45) is 0 Å². The highest BCUT2D eigenvalue weighted by molar-refractivity contribution is 9.10. The first-order chi connectivity index (χ1) is 2.81. The van der Waals surface area contributed by atoms with Crippen molar-refractivity contribution in [3.05, 3.63) is 0 Å². The molecule has 2 nitrogen and oxygen atoms in total. The zero-order valence-corrected chi connectivity index (χ0v) is 4.47. The number of hydrogen-bond acceptors (Lipinski definition) is 2. The van der Waals surface area contributed by atoms with Gasteiger partial charge in [0.2, 0.25) is 0 Å². The minimum absolute atomic E-state index is 0.528. The maximum atomic E-state index is 9.47. The zero-order chi connectivity index (χ0) is 4.99. The van der Waals surface area contributed by atoms with Crippen LogP contribution in [-0.2, 0) is 4.79 Å². The van der Waals surface area contributed by atoms with Crippen LogP contribution in [0, 0.1) is 11.3 Å². The molecule has 1 unspecified atom stereocenters. The Morgan fingerprint density at radius 1 is 2.00 bits per heavy atom. The van der Waals surface area contributed by atoms with Gasteiger partial charge in [0.25, 0.3) is 0 Å². The number of rotatable bonds is 1. The molecule has 0 aliphatic carbocycles. The first-order valence-corrected chi connectivity index (χ1v) is 2.22. The molecule has 0 fully saturated rings. The Morgan fingerprint density at radius 3 is 2.50 bits per heavy atom.